The molecule has 0 bridgehead atoms. The molecule has 0 saturated heterocycles. The molecule has 0 radical (unpaired) electrons. The van der Waals surface area contributed by atoms with Crippen LogP contribution in [0.4, 0.5) is 5.69 Å². The van der Waals surface area contributed by atoms with Crippen molar-refractivity contribution in [2.24, 2.45) is 0 Å². The van der Waals surface area contributed by atoms with E-state index in [0.717, 1.165) is 24.5 Å². The van der Waals surface area contributed by atoms with E-state index < -0.39 is 23.1 Å². The number of carbonyl (C=O) groups is 2. The molecule has 7 nitrogen and oxygen atoms in total. The highest BCUT2D eigenvalue weighted by Crippen LogP contribution is 2.22. The summed E-state index contributed by atoms with van der Waals surface area (Å²) in [6.45, 7) is 2.49. The molecule has 0 unspecified atom stereocenters. The predicted octanol–water partition coefficient (Wildman–Crippen LogP) is 5.11. The third-order valence-corrected chi connectivity index (χ3v) is 4.87. The molecule has 1 aromatic heterocycles. The maximum Gasteiger partial charge on any atom is 0.371 e. The van der Waals surface area contributed by atoms with Crippen LogP contribution in [0.5, 0.6) is 5.75 Å². The number of carboxylic acid groups (broad SMARTS) is 1. The van der Waals surface area contributed by atoms with Crippen LogP contribution in [0.25, 0.3) is 17.0 Å². The molecule has 0 spiro atoms. The number of carboxylic acids is 1. The zero-order valence-corrected chi connectivity index (χ0v) is 18.8. The minimum atomic E-state index is -1.37. The fraction of sp³-hybridized carbons (Fsp3) is 0.222. The lowest BCUT2D eigenvalue weighted by atomic mass is 10.2. The minimum Gasteiger partial charge on any atom is -0.481 e. The summed E-state index contributed by atoms with van der Waals surface area (Å²) in [4.78, 5) is 35.7. The molecule has 174 valence electrons. The Bertz CT molecular complexity index is 1310. The van der Waals surface area contributed by atoms with Gasteiger partial charge in [-0.15, -0.1) is 0 Å². The molecule has 2 N–H and O–H groups in total. The fourth-order valence-electron chi connectivity index (χ4n) is 3.12. The lowest BCUT2D eigenvalue weighted by molar-refractivity contribution is -0.111. The monoisotopic (exact) mass is 459 g/mol. The molecule has 0 saturated carbocycles. The first-order valence-electron chi connectivity index (χ1n) is 11.0. The van der Waals surface area contributed by atoms with Crippen LogP contribution in [0.2, 0.25) is 0 Å². The van der Waals surface area contributed by atoms with Gasteiger partial charge in [0.1, 0.15) is 12.4 Å². The fourth-order valence-corrected chi connectivity index (χ4v) is 3.12. The molecule has 0 aliphatic rings. The van der Waals surface area contributed by atoms with Gasteiger partial charge in [0.25, 0.3) is 0 Å². The lowest BCUT2D eigenvalue weighted by Gasteiger charge is -2.06. The molecule has 1 amide bonds. The van der Waals surface area contributed by atoms with Crippen LogP contribution in [0, 0.1) is 11.8 Å². The maximum absolute atomic E-state index is 12.4. The van der Waals surface area contributed by atoms with Crippen molar-refractivity contribution in [3.8, 4) is 17.6 Å². The van der Waals surface area contributed by atoms with E-state index in [9.17, 15) is 14.4 Å². The molecular weight excluding hydrogens is 434 g/mol. The number of hydrogen-bond donors (Lipinski definition) is 2. The van der Waals surface area contributed by atoms with Gasteiger partial charge in [-0.05, 0) is 42.3 Å². The van der Waals surface area contributed by atoms with Gasteiger partial charge in [0.2, 0.25) is 11.7 Å². The largest absolute Gasteiger partial charge is 0.481 e. The number of carbonyl (C=O) groups excluding carboxylic acids is 1. The Kier molecular flexibility index (Phi) is 8.64. The number of benzene rings is 2. The van der Waals surface area contributed by atoms with Gasteiger partial charge in [-0.25, -0.2) is 4.79 Å². The van der Waals surface area contributed by atoms with Gasteiger partial charge in [0.15, 0.2) is 11.0 Å². The summed E-state index contributed by atoms with van der Waals surface area (Å²) in [6, 6.07) is 12.7. The smallest absolute Gasteiger partial charge is 0.371 e. The average Bonchev–Trinajstić information content (AvgIpc) is 2.83. The number of rotatable bonds is 9. The molecule has 1 heterocycles. The van der Waals surface area contributed by atoms with E-state index in [2.05, 4.69) is 24.1 Å². The zero-order chi connectivity index (χ0) is 24.3. The van der Waals surface area contributed by atoms with Crippen molar-refractivity contribution in [2.45, 2.75) is 32.6 Å². The van der Waals surface area contributed by atoms with Crippen LogP contribution in [-0.4, -0.2) is 23.6 Å². The van der Waals surface area contributed by atoms with E-state index in [0.29, 0.717) is 12.4 Å². The lowest BCUT2D eigenvalue weighted by Crippen LogP contribution is -2.11. The predicted molar refractivity (Wildman–Crippen MR) is 131 cm³/mol. The summed E-state index contributed by atoms with van der Waals surface area (Å²) in [7, 11) is 0. The Morgan fingerprint density at radius 3 is 2.65 bits per heavy atom. The number of unbranched alkanes of at least 4 members (excludes halogenated alkanes) is 3. The highest BCUT2D eigenvalue weighted by atomic mass is 16.5. The quantitative estimate of drug-likeness (QED) is 0.262. The van der Waals surface area contributed by atoms with Gasteiger partial charge in [-0.1, -0.05) is 49.8 Å². The Hall–Kier alpha value is -4.31. The first-order chi connectivity index (χ1) is 16.5. The number of anilines is 1. The van der Waals surface area contributed by atoms with Gasteiger partial charge in [-0.2, -0.15) is 0 Å². The molecular formula is C27H25NO6. The van der Waals surface area contributed by atoms with Crippen LogP contribution in [0.15, 0.2) is 63.8 Å². The Morgan fingerprint density at radius 1 is 1.12 bits per heavy atom. The molecule has 3 rings (SSSR count). The van der Waals surface area contributed by atoms with Gasteiger partial charge in [0.05, 0.1) is 11.1 Å². The van der Waals surface area contributed by atoms with Crippen LogP contribution in [0.3, 0.4) is 0 Å². The molecule has 0 fully saturated rings. The summed E-state index contributed by atoms with van der Waals surface area (Å²) < 4.78 is 10.9. The van der Waals surface area contributed by atoms with Crippen LogP contribution in [0.1, 0.15) is 48.7 Å². The van der Waals surface area contributed by atoms with Crippen molar-refractivity contribution < 1.29 is 23.8 Å². The average molecular weight is 459 g/mol. The van der Waals surface area contributed by atoms with Gasteiger partial charge in [-0.3, -0.25) is 9.59 Å². The van der Waals surface area contributed by atoms with Crippen LogP contribution >= 0.6 is 0 Å². The van der Waals surface area contributed by atoms with E-state index in [1.807, 2.05) is 12.1 Å². The first kappa shape index (κ1) is 24.3. The number of amides is 1. The van der Waals surface area contributed by atoms with E-state index in [4.69, 9.17) is 14.3 Å². The topological polar surface area (TPSA) is 106 Å². The second-order valence-corrected chi connectivity index (χ2v) is 7.45. The summed E-state index contributed by atoms with van der Waals surface area (Å²) in [6.07, 6.45) is 7.30. The van der Waals surface area contributed by atoms with Gasteiger partial charge < -0.3 is 19.6 Å². The second-order valence-electron chi connectivity index (χ2n) is 7.45. The number of ether oxygens (including phenoxy) is 1. The molecule has 3 aromatic rings. The summed E-state index contributed by atoms with van der Waals surface area (Å²) in [5.41, 5.74) is 0.483. The minimum absolute atomic E-state index is 0.00381. The number of hydrogen-bond acceptors (Lipinski definition) is 5. The molecule has 34 heavy (non-hydrogen) atoms. The normalized spacial score (nSPS) is 10.6. The molecule has 7 heteroatoms. The van der Waals surface area contributed by atoms with Crippen molar-refractivity contribution >= 4 is 34.6 Å². The van der Waals surface area contributed by atoms with E-state index >= 15 is 0 Å². The highest BCUT2D eigenvalue weighted by Gasteiger charge is 2.14. The van der Waals surface area contributed by atoms with Crippen molar-refractivity contribution in [2.75, 3.05) is 11.9 Å². The van der Waals surface area contributed by atoms with Crippen LogP contribution < -0.4 is 15.5 Å². The number of fused-ring (bicyclic) bond motifs is 1. The number of aromatic carboxylic acids is 1. The highest BCUT2D eigenvalue weighted by molar-refractivity contribution is 6.06. The molecule has 2 aromatic carbocycles. The van der Waals surface area contributed by atoms with Crippen molar-refractivity contribution in [1.82, 2.24) is 0 Å². The maximum atomic E-state index is 12.4. The Balaban J connectivity index is 1.60. The number of nitrogens with one attached hydrogen (secondary N) is 1. The van der Waals surface area contributed by atoms with E-state index in [1.54, 1.807) is 24.3 Å². The van der Waals surface area contributed by atoms with E-state index in [-0.39, 0.29) is 16.7 Å². The molecule has 0 aliphatic carbocycles. The SMILES string of the molecule is CCCCCC#CCOc1ccc(C=CC(=O)Nc2cccc3c(=O)cc(C(=O)O)oc23)cc1. The van der Waals surface area contributed by atoms with Crippen LogP contribution in [-0.2, 0) is 4.79 Å². The summed E-state index contributed by atoms with van der Waals surface area (Å²) in [5, 5.41) is 11.9. The standard InChI is InChI=1S/C27H25NO6/c1-2-3-4-5-6-7-17-33-20-14-11-19(12-15-20)13-16-25(30)28-22-10-8-9-21-23(29)18-24(27(31)32)34-26(21)22/h8-16,18H,2-5,17H2,1H3,(H,28,30)(H,31,32). The Labute approximate surface area is 197 Å². The third kappa shape index (κ3) is 6.84. The van der Waals surface area contributed by atoms with Gasteiger partial charge in [0, 0.05) is 18.6 Å². The van der Waals surface area contributed by atoms with Crippen molar-refractivity contribution in [1.29, 1.82) is 0 Å². The Morgan fingerprint density at radius 2 is 1.91 bits per heavy atom. The van der Waals surface area contributed by atoms with Crippen molar-refractivity contribution in [3.63, 3.8) is 0 Å². The third-order valence-electron chi connectivity index (χ3n) is 4.87. The summed E-state index contributed by atoms with van der Waals surface area (Å²) in [5.74, 6) is 4.44. The van der Waals surface area contributed by atoms with Gasteiger partial charge >= 0.3 is 5.97 Å². The van der Waals surface area contributed by atoms with Crippen molar-refractivity contribution in [3.05, 3.63) is 76.2 Å². The molecule has 0 atom stereocenters. The first-order valence-corrected chi connectivity index (χ1v) is 11.0. The number of para-hydroxylation sites is 1. The second kappa shape index (κ2) is 12.1. The summed E-state index contributed by atoms with van der Waals surface area (Å²) >= 11 is 0. The zero-order valence-electron chi connectivity index (χ0n) is 18.8. The van der Waals surface area contributed by atoms with E-state index in [1.165, 1.54) is 31.1 Å². The molecule has 0 aliphatic heterocycles.